The van der Waals surface area contributed by atoms with Gasteiger partial charge in [0.25, 0.3) is 0 Å². The Bertz CT molecular complexity index is 665. The van der Waals surface area contributed by atoms with Gasteiger partial charge >= 0.3 is 0 Å². The lowest BCUT2D eigenvalue weighted by atomic mass is 10.2. The molecule has 1 aliphatic rings. The summed E-state index contributed by atoms with van der Waals surface area (Å²) in [5.74, 6) is 0.283. The van der Waals surface area contributed by atoms with Crippen LogP contribution >= 0.6 is 0 Å². The van der Waals surface area contributed by atoms with Gasteiger partial charge in [-0.05, 0) is 18.2 Å². The number of hydrogen-bond donors (Lipinski definition) is 1. The van der Waals surface area contributed by atoms with E-state index in [-0.39, 0.29) is 18.0 Å². The van der Waals surface area contributed by atoms with E-state index in [1.54, 1.807) is 30.5 Å². The van der Waals surface area contributed by atoms with Crippen LogP contribution in [0.2, 0.25) is 0 Å². The van der Waals surface area contributed by atoms with E-state index in [0.29, 0.717) is 11.4 Å². The Labute approximate surface area is 114 Å². The summed E-state index contributed by atoms with van der Waals surface area (Å²) in [6, 6.07) is 9.54. The minimum absolute atomic E-state index is 0.0342. The fourth-order valence-corrected chi connectivity index (χ4v) is 1.95. The summed E-state index contributed by atoms with van der Waals surface area (Å²) >= 11 is 0. The number of hydrogen-bond acceptors (Lipinski definition) is 6. The first-order valence-electron chi connectivity index (χ1n) is 5.85. The van der Waals surface area contributed by atoms with Gasteiger partial charge in [-0.2, -0.15) is 0 Å². The maximum absolute atomic E-state index is 11.2. The molecular formula is C13H10N3O4-. The van der Waals surface area contributed by atoms with Gasteiger partial charge in [0.2, 0.25) is 0 Å². The Kier molecular flexibility index (Phi) is 2.96. The average Bonchev–Trinajstić information content (AvgIpc) is 2.46. The number of ether oxygens (including phenoxy) is 1. The van der Waals surface area contributed by atoms with E-state index in [1.807, 2.05) is 0 Å². The molecular weight excluding hydrogens is 262 g/mol. The van der Waals surface area contributed by atoms with Crippen molar-refractivity contribution >= 4 is 17.1 Å². The second kappa shape index (κ2) is 4.66. The van der Waals surface area contributed by atoms with Gasteiger partial charge in [-0.1, -0.05) is 12.1 Å². The van der Waals surface area contributed by atoms with Gasteiger partial charge in [0.15, 0.2) is 17.1 Å². The van der Waals surface area contributed by atoms with Crippen molar-refractivity contribution in [2.75, 3.05) is 6.61 Å². The van der Waals surface area contributed by atoms with Crippen molar-refractivity contribution in [3.8, 4) is 5.75 Å². The lowest BCUT2D eigenvalue weighted by molar-refractivity contribution is 0.0197. The summed E-state index contributed by atoms with van der Waals surface area (Å²) in [5, 5.41) is 31.5. The molecule has 0 fully saturated rings. The van der Waals surface area contributed by atoms with E-state index in [1.165, 1.54) is 12.1 Å². The molecule has 0 atom stereocenters. The Balaban J connectivity index is 2.12. The van der Waals surface area contributed by atoms with Crippen molar-refractivity contribution in [2.24, 2.45) is 4.99 Å². The third kappa shape index (κ3) is 2.26. The maximum Gasteiger partial charge on any atom is 0.195 e. The Hall–Kier alpha value is -2.32. The molecule has 0 bridgehead atoms. The predicted octanol–water partition coefficient (Wildman–Crippen LogP) is 2.29. The first kappa shape index (κ1) is 12.7. The van der Waals surface area contributed by atoms with Gasteiger partial charge in [0.1, 0.15) is 12.3 Å². The molecule has 0 saturated carbocycles. The largest absolute Gasteiger partial charge is 0.592 e. The second-order valence-electron chi connectivity index (χ2n) is 4.21. The third-order valence-corrected chi connectivity index (χ3v) is 2.85. The molecule has 1 aliphatic heterocycles. The molecule has 7 nitrogen and oxygen atoms in total. The van der Waals surface area contributed by atoms with Gasteiger partial charge in [-0.3, -0.25) is 4.98 Å². The van der Waals surface area contributed by atoms with Crippen molar-refractivity contribution in [2.45, 2.75) is 0 Å². The highest BCUT2D eigenvalue weighted by Crippen LogP contribution is 2.41. The number of nitrogens with zero attached hydrogens (tertiary/aromatic N) is 3. The average molecular weight is 272 g/mol. The van der Waals surface area contributed by atoms with E-state index in [9.17, 15) is 10.4 Å². The molecule has 3 rings (SSSR count). The lowest BCUT2D eigenvalue weighted by Gasteiger charge is -2.37. The fraction of sp³-hybridized carbons (Fsp3) is 0.0769. The summed E-state index contributed by atoms with van der Waals surface area (Å²) in [6.45, 7) is 0.177. The molecule has 0 spiro atoms. The summed E-state index contributed by atoms with van der Waals surface area (Å²) in [7, 11) is 0. The van der Waals surface area contributed by atoms with E-state index in [2.05, 4.69) is 9.98 Å². The molecule has 2 heterocycles. The molecule has 0 saturated heterocycles. The number of pyridine rings is 1. The van der Waals surface area contributed by atoms with Crippen molar-refractivity contribution in [1.82, 2.24) is 9.96 Å². The molecule has 0 amide bonds. The first-order chi connectivity index (χ1) is 9.55. The van der Waals surface area contributed by atoms with E-state index < -0.39 is 10.7 Å². The molecule has 0 aliphatic carbocycles. The smallest absolute Gasteiger partial charge is 0.195 e. The number of fused-ring (bicyclic) bond motifs is 1. The number of aliphatic imine (C=N–C) groups is 1. The van der Waals surface area contributed by atoms with Crippen LogP contribution in [0.4, 0.5) is 11.4 Å². The normalized spacial score (nSPS) is 14.2. The number of para-hydroxylation sites is 1. The number of quaternary nitrogens is 1. The third-order valence-electron chi connectivity index (χ3n) is 2.85. The molecule has 0 radical (unpaired) electrons. The van der Waals surface area contributed by atoms with Crippen LogP contribution in [0.1, 0.15) is 5.69 Å². The Morgan fingerprint density at radius 1 is 1.15 bits per heavy atom. The number of rotatable bonds is 2. The first-order valence-corrected chi connectivity index (χ1v) is 5.85. The van der Waals surface area contributed by atoms with Crippen molar-refractivity contribution in [1.29, 1.82) is 0 Å². The van der Waals surface area contributed by atoms with Crippen LogP contribution in [-0.2, 0) is 0 Å². The molecule has 1 aromatic heterocycles. The zero-order valence-corrected chi connectivity index (χ0v) is 10.3. The standard InChI is InChI=1S/C13H10N3O4/c17-16(18,19)11-5-3-6-12-13(11)15-10(8-20-12)9-4-1-2-7-14-9/h1-7,17H,8H2/q-1. The van der Waals surface area contributed by atoms with Crippen LogP contribution in [0.25, 0.3) is 0 Å². The topological polar surface area (TPSA) is 101 Å². The summed E-state index contributed by atoms with van der Waals surface area (Å²) < 4.78 is 5.46. The minimum Gasteiger partial charge on any atom is -0.592 e. The van der Waals surface area contributed by atoms with Gasteiger partial charge in [-0.15, -0.1) is 0 Å². The van der Waals surface area contributed by atoms with Crippen LogP contribution in [-0.4, -0.2) is 22.5 Å². The molecule has 1 N–H and O–H groups in total. The van der Waals surface area contributed by atoms with Crippen LogP contribution in [0, 0.1) is 10.4 Å². The SMILES string of the molecule is [O-][N+]([O-])(O)c1cccc2c1N=C(c1ccccn1)CO2. The van der Waals surface area contributed by atoms with E-state index >= 15 is 0 Å². The van der Waals surface area contributed by atoms with Crippen molar-refractivity contribution in [3.63, 3.8) is 0 Å². The molecule has 1 aromatic carbocycles. The minimum atomic E-state index is -2.80. The highest BCUT2D eigenvalue weighted by molar-refractivity contribution is 6.03. The van der Waals surface area contributed by atoms with Gasteiger partial charge < -0.3 is 15.2 Å². The van der Waals surface area contributed by atoms with Gasteiger partial charge in [0.05, 0.1) is 5.69 Å². The molecule has 2 aromatic rings. The summed E-state index contributed by atoms with van der Waals surface area (Å²) in [5.41, 5.74) is 0.683. The maximum atomic E-state index is 11.2. The van der Waals surface area contributed by atoms with Crippen molar-refractivity contribution in [3.05, 3.63) is 58.7 Å². The van der Waals surface area contributed by atoms with E-state index in [0.717, 1.165) is 0 Å². The van der Waals surface area contributed by atoms with Crippen LogP contribution in [0.15, 0.2) is 47.6 Å². The Morgan fingerprint density at radius 2 is 2.00 bits per heavy atom. The fourth-order valence-electron chi connectivity index (χ4n) is 1.95. The zero-order valence-electron chi connectivity index (χ0n) is 10.3. The molecule has 0 unspecified atom stereocenters. The van der Waals surface area contributed by atoms with Crippen LogP contribution < -0.4 is 9.71 Å². The monoisotopic (exact) mass is 272 g/mol. The van der Waals surface area contributed by atoms with Crippen LogP contribution in [0.5, 0.6) is 5.75 Å². The summed E-state index contributed by atoms with van der Waals surface area (Å²) in [4.78, 5) is 5.57. The molecule has 7 heteroatoms. The number of aromatic nitrogens is 1. The van der Waals surface area contributed by atoms with E-state index in [4.69, 9.17) is 9.94 Å². The van der Waals surface area contributed by atoms with Gasteiger partial charge in [0, 0.05) is 12.3 Å². The molecule has 20 heavy (non-hydrogen) atoms. The number of benzene rings is 1. The van der Waals surface area contributed by atoms with Crippen LogP contribution in [0.3, 0.4) is 0 Å². The Morgan fingerprint density at radius 3 is 2.70 bits per heavy atom. The highest BCUT2D eigenvalue weighted by atomic mass is 17.1. The second-order valence-corrected chi connectivity index (χ2v) is 4.21. The quantitative estimate of drug-likeness (QED) is 0.667. The summed E-state index contributed by atoms with van der Waals surface area (Å²) in [6.07, 6.45) is 1.60. The predicted molar refractivity (Wildman–Crippen MR) is 72.7 cm³/mol. The zero-order chi connectivity index (χ0) is 14.2. The van der Waals surface area contributed by atoms with Crippen molar-refractivity contribution < 1.29 is 9.94 Å². The molecule has 102 valence electrons. The van der Waals surface area contributed by atoms with Gasteiger partial charge in [-0.25, -0.2) is 15.2 Å². The highest BCUT2D eigenvalue weighted by Gasteiger charge is 2.23. The lowest BCUT2D eigenvalue weighted by Crippen LogP contribution is -2.31.